The maximum absolute atomic E-state index is 12.2. The molecule has 3 rings (SSSR count). The van der Waals surface area contributed by atoms with Crippen LogP contribution in [0.1, 0.15) is 23.6 Å². The van der Waals surface area contributed by atoms with Crippen LogP contribution in [0.3, 0.4) is 0 Å². The van der Waals surface area contributed by atoms with Crippen molar-refractivity contribution in [3.8, 4) is 0 Å². The largest absolute Gasteiger partial charge is 0.297 e. The number of nitrogens with zero attached hydrogens (tertiary/aromatic N) is 3. The van der Waals surface area contributed by atoms with E-state index < -0.39 is 0 Å². The van der Waals surface area contributed by atoms with E-state index in [1.54, 1.807) is 0 Å². The van der Waals surface area contributed by atoms with E-state index >= 15 is 0 Å². The Morgan fingerprint density at radius 1 is 1.00 bits per heavy atom. The van der Waals surface area contributed by atoms with E-state index in [9.17, 15) is 4.79 Å². The van der Waals surface area contributed by atoms with Gasteiger partial charge in [-0.15, -0.1) is 0 Å². The molecule has 5 nitrogen and oxygen atoms in total. The minimum atomic E-state index is -0.0831. The fourth-order valence-electron chi connectivity index (χ4n) is 3.20. The van der Waals surface area contributed by atoms with E-state index in [4.69, 9.17) is 11.6 Å². The molecule has 1 saturated heterocycles. The highest BCUT2D eigenvalue weighted by atomic mass is 35.5. The fourth-order valence-corrected chi connectivity index (χ4v) is 3.32. The minimum absolute atomic E-state index is 0.0831. The molecule has 0 unspecified atom stereocenters. The molecule has 0 saturated carbocycles. The van der Waals surface area contributed by atoms with Crippen molar-refractivity contribution in [2.75, 3.05) is 32.7 Å². The zero-order chi connectivity index (χ0) is 19.9. The number of piperazine rings is 1. The Bertz CT molecular complexity index is 809. The first kappa shape index (κ1) is 20.5. The highest BCUT2D eigenvalue weighted by Crippen LogP contribution is 2.11. The second-order valence-corrected chi connectivity index (χ2v) is 7.71. The van der Waals surface area contributed by atoms with Crippen molar-refractivity contribution in [1.82, 2.24) is 15.2 Å². The van der Waals surface area contributed by atoms with Gasteiger partial charge in [-0.05, 0) is 37.1 Å². The second kappa shape index (κ2) is 9.82. The summed E-state index contributed by atoms with van der Waals surface area (Å²) in [4.78, 5) is 16.8. The first-order chi connectivity index (χ1) is 13.5. The van der Waals surface area contributed by atoms with E-state index in [1.807, 2.05) is 31.2 Å². The lowest BCUT2D eigenvalue weighted by molar-refractivity contribution is -0.122. The number of aryl methyl sites for hydroxylation is 1. The number of halogens is 1. The molecule has 1 N–H and O–H groups in total. The van der Waals surface area contributed by atoms with Crippen LogP contribution in [0.2, 0.25) is 5.02 Å². The summed E-state index contributed by atoms with van der Waals surface area (Å²) in [5.41, 5.74) is 6.98. The Morgan fingerprint density at radius 3 is 2.25 bits per heavy atom. The van der Waals surface area contributed by atoms with Crippen LogP contribution in [-0.4, -0.2) is 54.1 Å². The van der Waals surface area contributed by atoms with E-state index in [2.05, 4.69) is 51.5 Å². The molecule has 1 amide bonds. The van der Waals surface area contributed by atoms with Crippen LogP contribution in [0.25, 0.3) is 0 Å². The number of carbonyl (C=O) groups excluding carboxylic acids is 1. The zero-order valence-corrected chi connectivity index (χ0v) is 17.2. The third-order valence-electron chi connectivity index (χ3n) is 4.97. The molecule has 2 aromatic carbocycles. The zero-order valence-electron chi connectivity index (χ0n) is 16.5. The van der Waals surface area contributed by atoms with E-state index in [-0.39, 0.29) is 5.91 Å². The number of hydrazone groups is 1. The molecule has 1 aliphatic rings. The molecule has 1 aliphatic heterocycles. The summed E-state index contributed by atoms with van der Waals surface area (Å²) < 4.78 is 0. The summed E-state index contributed by atoms with van der Waals surface area (Å²) in [5.74, 6) is -0.0831. The van der Waals surface area contributed by atoms with Crippen LogP contribution in [0, 0.1) is 6.92 Å². The van der Waals surface area contributed by atoms with Gasteiger partial charge in [0.1, 0.15) is 0 Å². The second-order valence-electron chi connectivity index (χ2n) is 7.28. The average Bonchev–Trinajstić information content (AvgIpc) is 2.70. The highest BCUT2D eigenvalue weighted by Gasteiger charge is 2.19. The van der Waals surface area contributed by atoms with Crippen molar-refractivity contribution in [2.45, 2.75) is 20.4 Å². The standard InChI is InChI=1S/C22H27ClN4O/c1-17-3-5-19(6-4-17)15-26-11-13-27(14-12-26)16-22(28)25-24-18(2)20-7-9-21(23)10-8-20/h3-10H,11-16H2,1-2H3,(H,25,28)/b24-18+. The first-order valence-corrected chi connectivity index (χ1v) is 9.97. The van der Waals surface area contributed by atoms with Crippen molar-refractivity contribution < 1.29 is 4.79 Å². The highest BCUT2D eigenvalue weighted by molar-refractivity contribution is 6.30. The van der Waals surface area contributed by atoms with Gasteiger partial charge in [0.15, 0.2) is 0 Å². The van der Waals surface area contributed by atoms with Crippen molar-refractivity contribution in [3.63, 3.8) is 0 Å². The molecular formula is C22H27ClN4O. The molecule has 0 aromatic heterocycles. The van der Waals surface area contributed by atoms with Crippen LogP contribution in [-0.2, 0) is 11.3 Å². The first-order valence-electron chi connectivity index (χ1n) is 9.59. The number of carbonyl (C=O) groups is 1. The lowest BCUT2D eigenvalue weighted by Crippen LogP contribution is -2.48. The predicted molar refractivity (Wildman–Crippen MR) is 115 cm³/mol. The van der Waals surface area contributed by atoms with Gasteiger partial charge in [-0.3, -0.25) is 14.6 Å². The van der Waals surface area contributed by atoms with Crippen LogP contribution in [0.4, 0.5) is 0 Å². The molecule has 1 fully saturated rings. The van der Waals surface area contributed by atoms with Gasteiger partial charge in [0.05, 0.1) is 12.3 Å². The molecule has 28 heavy (non-hydrogen) atoms. The van der Waals surface area contributed by atoms with Crippen LogP contribution in [0.5, 0.6) is 0 Å². The van der Waals surface area contributed by atoms with Gasteiger partial charge >= 0.3 is 0 Å². The lowest BCUT2D eigenvalue weighted by atomic mass is 10.1. The van der Waals surface area contributed by atoms with Crippen LogP contribution in [0.15, 0.2) is 53.6 Å². The third kappa shape index (κ3) is 6.16. The Labute approximate surface area is 172 Å². The molecule has 0 radical (unpaired) electrons. The number of rotatable bonds is 6. The molecule has 2 aromatic rings. The van der Waals surface area contributed by atoms with Gasteiger partial charge in [0.25, 0.3) is 5.91 Å². The van der Waals surface area contributed by atoms with Gasteiger partial charge in [-0.1, -0.05) is 53.6 Å². The van der Waals surface area contributed by atoms with Crippen molar-refractivity contribution in [1.29, 1.82) is 0 Å². The van der Waals surface area contributed by atoms with Crippen molar-refractivity contribution in [2.24, 2.45) is 5.10 Å². The molecule has 1 heterocycles. The molecule has 0 atom stereocenters. The third-order valence-corrected chi connectivity index (χ3v) is 5.22. The maximum atomic E-state index is 12.2. The van der Waals surface area contributed by atoms with Crippen LogP contribution >= 0.6 is 11.6 Å². The van der Waals surface area contributed by atoms with E-state index in [0.29, 0.717) is 11.6 Å². The number of hydrogen-bond donors (Lipinski definition) is 1. The number of benzene rings is 2. The smallest absolute Gasteiger partial charge is 0.254 e. The van der Waals surface area contributed by atoms with Gasteiger partial charge in [0.2, 0.25) is 0 Å². The Balaban J connectivity index is 1.41. The molecule has 0 aliphatic carbocycles. The normalized spacial score (nSPS) is 16.2. The average molecular weight is 399 g/mol. The number of hydrogen-bond acceptors (Lipinski definition) is 4. The van der Waals surface area contributed by atoms with Gasteiger partial charge in [-0.25, -0.2) is 5.43 Å². The topological polar surface area (TPSA) is 47.9 Å². The predicted octanol–water partition coefficient (Wildman–Crippen LogP) is 3.31. The number of nitrogens with one attached hydrogen (secondary N) is 1. The Kier molecular flexibility index (Phi) is 7.20. The summed E-state index contributed by atoms with van der Waals surface area (Å²) in [6.45, 7) is 9.02. The van der Waals surface area contributed by atoms with E-state index in [1.165, 1.54) is 11.1 Å². The monoisotopic (exact) mass is 398 g/mol. The van der Waals surface area contributed by atoms with Crippen molar-refractivity contribution >= 4 is 23.2 Å². The summed E-state index contributed by atoms with van der Waals surface area (Å²) in [5, 5.41) is 4.89. The minimum Gasteiger partial charge on any atom is -0.297 e. The SMILES string of the molecule is C/C(=N\NC(=O)CN1CCN(Cc2ccc(C)cc2)CC1)c1ccc(Cl)cc1. The Morgan fingerprint density at radius 2 is 1.61 bits per heavy atom. The molecule has 148 valence electrons. The van der Waals surface area contributed by atoms with Crippen molar-refractivity contribution in [3.05, 3.63) is 70.2 Å². The molecule has 6 heteroatoms. The van der Waals surface area contributed by atoms with Crippen LogP contribution < -0.4 is 5.43 Å². The molecule has 0 spiro atoms. The quantitative estimate of drug-likeness (QED) is 0.600. The van der Waals surface area contributed by atoms with Gasteiger partial charge in [-0.2, -0.15) is 5.10 Å². The maximum Gasteiger partial charge on any atom is 0.254 e. The summed E-state index contributed by atoms with van der Waals surface area (Å²) in [6, 6.07) is 16.1. The summed E-state index contributed by atoms with van der Waals surface area (Å²) in [6.07, 6.45) is 0. The lowest BCUT2D eigenvalue weighted by Gasteiger charge is -2.34. The van der Waals surface area contributed by atoms with Gasteiger partial charge < -0.3 is 0 Å². The number of amides is 1. The van der Waals surface area contributed by atoms with E-state index in [0.717, 1.165) is 44.0 Å². The summed E-state index contributed by atoms with van der Waals surface area (Å²) >= 11 is 5.90. The Hall–Kier alpha value is -2.21. The fraction of sp³-hybridized carbons (Fsp3) is 0.364. The van der Waals surface area contributed by atoms with Gasteiger partial charge in [0, 0.05) is 37.7 Å². The summed E-state index contributed by atoms with van der Waals surface area (Å²) in [7, 11) is 0. The molecular weight excluding hydrogens is 372 g/mol. The molecule has 0 bridgehead atoms.